The van der Waals surface area contributed by atoms with Crippen LogP contribution < -0.4 is 5.73 Å². The molecule has 0 aliphatic carbocycles. The summed E-state index contributed by atoms with van der Waals surface area (Å²) in [7, 11) is 1.42. The molecule has 1 aliphatic heterocycles. The Morgan fingerprint density at radius 2 is 1.92 bits per heavy atom. The number of aliphatic imine (C=N–C) groups is 1. The number of ether oxygens (including phenoxy) is 1. The van der Waals surface area contributed by atoms with Crippen LogP contribution in [0.2, 0.25) is 0 Å². The number of carbonyl (C=O) groups is 2. The van der Waals surface area contributed by atoms with Crippen molar-refractivity contribution >= 4 is 17.8 Å². The van der Waals surface area contributed by atoms with Gasteiger partial charge in [-0.3, -0.25) is 9.69 Å². The zero-order valence-electron chi connectivity index (χ0n) is 19.8. The lowest BCUT2D eigenvalue weighted by Gasteiger charge is -2.25. The molecule has 0 fully saturated rings. The maximum absolute atomic E-state index is 14.8. The molecule has 1 aliphatic rings. The smallest absolute Gasteiger partial charge is 0.355 e. The van der Waals surface area contributed by atoms with E-state index in [9.17, 15) is 22.8 Å². The minimum atomic E-state index is -1.84. The monoisotopic (exact) mass is 499 g/mol. The highest BCUT2D eigenvalue weighted by atomic mass is 19.1. The summed E-state index contributed by atoms with van der Waals surface area (Å²) in [6.45, 7) is 2.36. The van der Waals surface area contributed by atoms with Crippen LogP contribution in [0.25, 0.3) is 11.1 Å². The first kappa shape index (κ1) is 25.0. The van der Waals surface area contributed by atoms with Crippen LogP contribution in [0, 0.1) is 11.8 Å². The molecular formula is C25H24F3N5O3. The number of aryl methyl sites for hydroxylation is 1. The van der Waals surface area contributed by atoms with E-state index in [0.717, 1.165) is 11.0 Å². The van der Waals surface area contributed by atoms with Crippen LogP contribution in [0.1, 0.15) is 35.5 Å². The lowest BCUT2D eigenvalue weighted by Crippen LogP contribution is -2.41. The van der Waals surface area contributed by atoms with Gasteiger partial charge in [0.05, 0.1) is 12.6 Å². The minimum Gasteiger partial charge on any atom is -0.458 e. The summed E-state index contributed by atoms with van der Waals surface area (Å²) in [6.07, 6.45) is 2.21. The Morgan fingerprint density at radius 3 is 2.53 bits per heavy atom. The summed E-state index contributed by atoms with van der Waals surface area (Å²) in [5, 5.41) is 0. The van der Waals surface area contributed by atoms with E-state index in [1.807, 2.05) is 0 Å². The fourth-order valence-corrected chi connectivity index (χ4v) is 4.16. The van der Waals surface area contributed by atoms with Gasteiger partial charge in [-0.2, -0.15) is 4.39 Å². The summed E-state index contributed by atoms with van der Waals surface area (Å²) in [6, 6.07) is 7.90. The quantitative estimate of drug-likeness (QED) is 0.397. The van der Waals surface area contributed by atoms with E-state index in [-0.39, 0.29) is 40.5 Å². The zero-order chi connectivity index (χ0) is 26.2. The molecule has 1 unspecified atom stereocenters. The van der Waals surface area contributed by atoms with Gasteiger partial charge in [0.1, 0.15) is 18.2 Å². The summed E-state index contributed by atoms with van der Waals surface area (Å²) >= 11 is 0. The lowest BCUT2D eigenvalue weighted by atomic mass is 9.82. The third kappa shape index (κ3) is 4.10. The van der Waals surface area contributed by atoms with Crippen molar-refractivity contribution in [1.29, 1.82) is 0 Å². The molecule has 8 nitrogen and oxygen atoms in total. The van der Waals surface area contributed by atoms with Crippen LogP contribution in [0.5, 0.6) is 0 Å². The first-order valence-corrected chi connectivity index (χ1v) is 11.1. The standard InChI is InChI=1S/C25H24F3N5O3/c1-14(2)36-22(34)20-12-16(13-33(20)10-8-26)25(23(35)32(3)24(29)31-25)15-6-7-19(27)18(11-15)17-5-4-9-30-21(17)28/h4-7,9,11-14H,8,10H2,1-3H3,(H2,29,31). The zero-order valence-corrected chi connectivity index (χ0v) is 19.8. The molecule has 1 amide bonds. The van der Waals surface area contributed by atoms with Gasteiger partial charge < -0.3 is 15.0 Å². The molecule has 4 rings (SSSR count). The van der Waals surface area contributed by atoms with Crippen LogP contribution in [0.15, 0.2) is 53.8 Å². The Balaban J connectivity index is 1.96. The van der Waals surface area contributed by atoms with E-state index in [0.29, 0.717) is 0 Å². The van der Waals surface area contributed by atoms with Crippen LogP contribution in [0.4, 0.5) is 13.2 Å². The molecule has 2 aromatic heterocycles. The van der Waals surface area contributed by atoms with Crippen LogP contribution in [-0.2, 0) is 21.6 Å². The average molecular weight is 499 g/mol. The number of aromatic nitrogens is 2. The number of nitrogens with zero attached hydrogens (tertiary/aromatic N) is 4. The van der Waals surface area contributed by atoms with Crippen molar-refractivity contribution in [2.24, 2.45) is 10.7 Å². The van der Waals surface area contributed by atoms with Crippen molar-refractivity contribution < 1.29 is 27.5 Å². The summed E-state index contributed by atoms with van der Waals surface area (Å²) in [5.74, 6) is -3.07. The van der Waals surface area contributed by atoms with Crippen molar-refractivity contribution in [3.63, 3.8) is 0 Å². The van der Waals surface area contributed by atoms with Gasteiger partial charge in [0.25, 0.3) is 5.91 Å². The molecule has 11 heteroatoms. The first-order chi connectivity index (χ1) is 17.1. The third-order valence-corrected chi connectivity index (χ3v) is 5.87. The molecule has 0 radical (unpaired) electrons. The van der Waals surface area contributed by atoms with E-state index in [2.05, 4.69) is 9.98 Å². The second-order valence-corrected chi connectivity index (χ2v) is 8.53. The van der Waals surface area contributed by atoms with Gasteiger partial charge in [-0.1, -0.05) is 6.07 Å². The van der Waals surface area contributed by atoms with Crippen molar-refractivity contribution in [3.05, 3.63) is 77.4 Å². The number of nitrogens with two attached hydrogens (primary N) is 1. The van der Waals surface area contributed by atoms with Gasteiger partial charge in [-0.05, 0) is 49.7 Å². The normalized spacial score (nSPS) is 17.6. The largest absolute Gasteiger partial charge is 0.458 e. The number of hydrogen-bond acceptors (Lipinski definition) is 6. The fourth-order valence-electron chi connectivity index (χ4n) is 4.16. The Kier molecular flexibility index (Phi) is 6.57. The van der Waals surface area contributed by atoms with Gasteiger partial charge >= 0.3 is 5.97 Å². The van der Waals surface area contributed by atoms with Crippen LogP contribution in [0.3, 0.4) is 0 Å². The summed E-state index contributed by atoms with van der Waals surface area (Å²) in [5.41, 5.74) is 4.27. The van der Waals surface area contributed by atoms with E-state index in [1.165, 1.54) is 54.3 Å². The molecule has 0 bridgehead atoms. The molecule has 0 saturated carbocycles. The van der Waals surface area contributed by atoms with Crippen molar-refractivity contribution in [2.75, 3.05) is 13.7 Å². The Hall–Kier alpha value is -4.15. The number of halogens is 3. The van der Waals surface area contributed by atoms with Crippen molar-refractivity contribution in [1.82, 2.24) is 14.5 Å². The Bertz CT molecular complexity index is 1370. The predicted molar refractivity (Wildman–Crippen MR) is 126 cm³/mol. The summed E-state index contributed by atoms with van der Waals surface area (Å²) < 4.78 is 49.2. The summed E-state index contributed by atoms with van der Waals surface area (Å²) in [4.78, 5) is 35.5. The van der Waals surface area contributed by atoms with E-state index in [1.54, 1.807) is 13.8 Å². The van der Waals surface area contributed by atoms with E-state index >= 15 is 0 Å². The highest BCUT2D eigenvalue weighted by Gasteiger charge is 2.51. The molecule has 2 N–H and O–H groups in total. The molecule has 1 aromatic carbocycles. The maximum Gasteiger partial charge on any atom is 0.355 e. The minimum absolute atomic E-state index is 0.00693. The first-order valence-electron chi connectivity index (χ1n) is 11.1. The topological polar surface area (TPSA) is 103 Å². The van der Waals surface area contributed by atoms with Crippen molar-refractivity contribution in [3.8, 4) is 11.1 Å². The van der Waals surface area contributed by atoms with Gasteiger partial charge in [0, 0.05) is 36.1 Å². The fraction of sp³-hybridized carbons (Fsp3) is 0.280. The third-order valence-electron chi connectivity index (χ3n) is 5.87. The van der Waals surface area contributed by atoms with E-state index in [4.69, 9.17) is 10.5 Å². The number of rotatable bonds is 7. The second-order valence-electron chi connectivity index (χ2n) is 8.53. The molecule has 0 spiro atoms. The van der Waals surface area contributed by atoms with Gasteiger partial charge in [-0.25, -0.2) is 23.6 Å². The highest BCUT2D eigenvalue weighted by Crippen LogP contribution is 2.42. The van der Waals surface area contributed by atoms with Crippen LogP contribution >= 0.6 is 0 Å². The van der Waals surface area contributed by atoms with Gasteiger partial charge in [0.15, 0.2) is 11.5 Å². The molecule has 0 saturated heterocycles. The van der Waals surface area contributed by atoms with Gasteiger partial charge in [-0.15, -0.1) is 0 Å². The van der Waals surface area contributed by atoms with Gasteiger partial charge in [0.2, 0.25) is 5.95 Å². The molecule has 3 heterocycles. The number of likely N-dealkylation sites (N-methyl/N-ethyl adjacent to an activating group) is 1. The number of guanidine groups is 1. The number of pyridine rings is 1. The van der Waals surface area contributed by atoms with E-state index < -0.39 is 42.0 Å². The average Bonchev–Trinajstić information content (AvgIpc) is 3.35. The Labute approximate surface area is 205 Å². The predicted octanol–water partition coefficient (Wildman–Crippen LogP) is 3.39. The molecule has 3 aromatic rings. The molecule has 1 atom stereocenters. The Morgan fingerprint density at radius 1 is 1.17 bits per heavy atom. The number of alkyl halides is 1. The SMILES string of the molecule is CC(C)OC(=O)c1cc(C2(c3ccc(F)c(-c4cccnc4F)c3)N=C(N)N(C)C2=O)cn1CCF. The van der Waals surface area contributed by atoms with Crippen molar-refractivity contribution in [2.45, 2.75) is 32.0 Å². The number of amides is 1. The molecular weight excluding hydrogens is 475 g/mol. The number of hydrogen-bond donors (Lipinski definition) is 1. The van der Waals surface area contributed by atoms with Crippen LogP contribution in [-0.4, -0.2) is 52.1 Å². The maximum atomic E-state index is 14.8. The number of benzene rings is 1. The molecule has 36 heavy (non-hydrogen) atoms. The molecule has 188 valence electrons. The second kappa shape index (κ2) is 9.48. The number of carbonyl (C=O) groups excluding carboxylic acids is 2. The highest BCUT2D eigenvalue weighted by molar-refractivity contribution is 6.09. The number of esters is 1. The lowest BCUT2D eigenvalue weighted by molar-refractivity contribution is -0.129.